The van der Waals surface area contributed by atoms with Crippen molar-refractivity contribution in [1.82, 2.24) is 0 Å². The molecule has 3 rings (SSSR count). The van der Waals surface area contributed by atoms with Crippen molar-refractivity contribution < 1.29 is 37.9 Å². The number of cyclic esters (lactones) is 1. The van der Waals surface area contributed by atoms with Crippen molar-refractivity contribution in [1.29, 1.82) is 0 Å². The van der Waals surface area contributed by atoms with Gasteiger partial charge in [-0.2, -0.15) is 0 Å². The smallest absolute Gasteiger partial charge is 0.462 e. The van der Waals surface area contributed by atoms with Gasteiger partial charge < -0.3 is 19.3 Å². The highest BCUT2D eigenvalue weighted by atomic mass is 31.2. The third-order valence-corrected chi connectivity index (χ3v) is 8.19. The van der Waals surface area contributed by atoms with Crippen LogP contribution in [-0.4, -0.2) is 40.0 Å². The zero-order valence-electron chi connectivity index (χ0n) is 20.8. The average Bonchev–Trinajstić information content (AvgIpc) is 2.71. The lowest BCUT2D eigenvalue weighted by Crippen LogP contribution is -2.43. The maximum Gasteiger partial charge on any atom is 0.469 e. The van der Waals surface area contributed by atoms with Crippen molar-refractivity contribution in [2.75, 3.05) is 0 Å². The third-order valence-electron chi connectivity index (χ3n) is 7.62. The monoisotopic (exact) mass is 498 g/mol. The molecule has 0 radical (unpaired) electrons. The molecule has 0 aromatic rings. The van der Waals surface area contributed by atoms with Gasteiger partial charge in [0.25, 0.3) is 0 Å². The summed E-state index contributed by atoms with van der Waals surface area (Å²) in [7, 11) is -4.68. The number of fused-ring (bicyclic) bond motifs is 1. The molecule has 1 heterocycles. The zero-order chi connectivity index (χ0) is 25.3. The Balaban J connectivity index is 1.74. The first-order chi connectivity index (χ1) is 15.8. The molecule has 1 saturated heterocycles. The number of phosphoric ester groups is 1. The maximum atomic E-state index is 12.9. The molecule has 0 spiro atoms. The number of esters is 2. The lowest BCUT2D eigenvalue weighted by molar-refractivity contribution is -0.165. The van der Waals surface area contributed by atoms with Gasteiger partial charge in [-0.05, 0) is 62.9 Å². The molecule has 9 heteroatoms. The fourth-order valence-corrected chi connectivity index (χ4v) is 5.89. The number of rotatable bonds is 8. The van der Waals surface area contributed by atoms with Gasteiger partial charge in [-0.1, -0.05) is 39.0 Å². The van der Waals surface area contributed by atoms with E-state index in [9.17, 15) is 14.2 Å². The Bertz CT molecular complexity index is 872. The van der Waals surface area contributed by atoms with E-state index < -0.39 is 31.4 Å². The predicted octanol–water partition coefficient (Wildman–Crippen LogP) is 4.70. The van der Waals surface area contributed by atoms with E-state index in [1.807, 2.05) is 20.8 Å². The molecule has 0 aromatic carbocycles. The van der Waals surface area contributed by atoms with Crippen molar-refractivity contribution in [3.8, 4) is 0 Å². The molecular formula is C25H39O8P. The fraction of sp³-hybridized carbons (Fsp3) is 0.760. The molecule has 34 heavy (non-hydrogen) atoms. The van der Waals surface area contributed by atoms with Crippen LogP contribution in [-0.2, 0) is 28.2 Å². The molecule has 0 saturated carbocycles. The lowest BCUT2D eigenvalue weighted by atomic mass is 9.65. The van der Waals surface area contributed by atoms with Gasteiger partial charge in [0.05, 0.1) is 17.9 Å². The number of carbonyl (C=O) groups excluding carboxylic acids is 2. The topological polar surface area (TPSA) is 119 Å². The molecule has 0 aromatic heterocycles. The van der Waals surface area contributed by atoms with Crippen LogP contribution in [0.1, 0.15) is 73.1 Å². The van der Waals surface area contributed by atoms with Crippen LogP contribution in [0.5, 0.6) is 0 Å². The number of allylic oxidation sites excluding steroid dienone is 3. The maximum absolute atomic E-state index is 12.9. The normalized spacial score (nSPS) is 34.1. The van der Waals surface area contributed by atoms with Gasteiger partial charge in [-0.15, -0.1) is 0 Å². The summed E-state index contributed by atoms with van der Waals surface area (Å²) in [6.07, 6.45) is 7.90. The highest BCUT2D eigenvalue weighted by Gasteiger charge is 2.43. The van der Waals surface area contributed by atoms with E-state index in [1.54, 1.807) is 0 Å². The molecule has 3 aliphatic rings. The van der Waals surface area contributed by atoms with E-state index in [2.05, 4.69) is 32.1 Å². The Kier molecular flexibility index (Phi) is 8.50. The summed E-state index contributed by atoms with van der Waals surface area (Å²) in [4.78, 5) is 43.2. The summed E-state index contributed by atoms with van der Waals surface area (Å²) in [6.45, 7) is 10.1. The zero-order valence-corrected chi connectivity index (χ0v) is 21.7. The Morgan fingerprint density at radius 2 is 1.94 bits per heavy atom. The summed E-state index contributed by atoms with van der Waals surface area (Å²) in [5, 5.41) is 0. The van der Waals surface area contributed by atoms with E-state index in [-0.39, 0.29) is 42.7 Å². The first-order valence-corrected chi connectivity index (χ1v) is 13.9. The molecule has 0 amide bonds. The highest BCUT2D eigenvalue weighted by Crippen LogP contribution is 2.46. The van der Waals surface area contributed by atoms with Crippen molar-refractivity contribution in [2.45, 2.75) is 91.5 Å². The number of hydrogen-bond acceptors (Lipinski definition) is 6. The molecule has 8 nitrogen and oxygen atoms in total. The van der Waals surface area contributed by atoms with Gasteiger partial charge in [-0.25, -0.2) is 4.57 Å². The molecule has 0 bridgehead atoms. The number of carbonyl (C=O) groups is 2. The minimum absolute atomic E-state index is 0.0641. The van der Waals surface area contributed by atoms with Crippen LogP contribution in [0.3, 0.4) is 0 Å². The largest absolute Gasteiger partial charge is 0.469 e. The Morgan fingerprint density at radius 1 is 1.24 bits per heavy atom. The first-order valence-electron chi connectivity index (χ1n) is 12.3. The molecule has 2 N–H and O–H groups in total. The second-order valence-electron chi connectivity index (χ2n) is 10.8. The van der Waals surface area contributed by atoms with Crippen LogP contribution < -0.4 is 0 Å². The van der Waals surface area contributed by atoms with Crippen LogP contribution in [0.2, 0.25) is 0 Å². The Labute approximate surface area is 202 Å². The van der Waals surface area contributed by atoms with Gasteiger partial charge in [0.2, 0.25) is 0 Å². The van der Waals surface area contributed by atoms with Crippen LogP contribution in [0.4, 0.5) is 0 Å². The van der Waals surface area contributed by atoms with Gasteiger partial charge >= 0.3 is 19.8 Å². The van der Waals surface area contributed by atoms with E-state index in [1.165, 1.54) is 5.57 Å². The van der Waals surface area contributed by atoms with Crippen LogP contribution >= 0.6 is 7.82 Å². The van der Waals surface area contributed by atoms with Crippen LogP contribution in [0.25, 0.3) is 0 Å². The molecular weight excluding hydrogens is 459 g/mol. The minimum Gasteiger partial charge on any atom is -0.462 e. The van der Waals surface area contributed by atoms with E-state index >= 15 is 0 Å². The second-order valence-corrected chi connectivity index (χ2v) is 12.0. The summed E-state index contributed by atoms with van der Waals surface area (Å²) >= 11 is 0. The lowest BCUT2D eigenvalue weighted by Gasteiger charge is -2.44. The number of phosphoric acid groups is 1. The number of hydrogen-bond donors (Lipinski definition) is 2. The number of ether oxygens (including phenoxy) is 2. The highest BCUT2D eigenvalue weighted by molar-refractivity contribution is 7.46. The molecule has 7 atom stereocenters. The Morgan fingerprint density at radius 3 is 2.59 bits per heavy atom. The summed E-state index contributed by atoms with van der Waals surface area (Å²) in [5.74, 6) is 0.122. The fourth-order valence-electron chi connectivity index (χ4n) is 5.34. The molecule has 1 aliphatic heterocycles. The minimum atomic E-state index is -4.68. The van der Waals surface area contributed by atoms with Crippen molar-refractivity contribution >= 4 is 19.8 Å². The molecule has 2 aliphatic carbocycles. The van der Waals surface area contributed by atoms with Crippen LogP contribution in [0.15, 0.2) is 23.8 Å². The van der Waals surface area contributed by atoms with Crippen molar-refractivity contribution in [2.24, 2.45) is 29.1 Å². The second kappa shape index (κ2) is 10.7. The van der Waals surface area contributed by atoms with Gasteiger partial charge in [0.1, 0.15) is 12.2 Å². The predicted molar refractivity (Wildman–Crippen MR) is 126 cm³/mol. The standard InChI is InChI=1S/C25H39O8P/c1-6-25(4,5)24(27)32-21-12-15(2)11-17-8-7-16(3)20(23(17)21)10-9-18-13-19(14-22(26)31-18)33-34(28,29)30/h7-8,11,15-16,18-21,23H,6,9-10,12-14H2,1-5H3,(H2,28,29,30)/t15-,16-,18-,19+,20-,21-,23-/m1/s1. The van der Waals surface area contributed by atoms with E-state index in [4.69, 9.17) is 23.8 Å². The summed E-state index contributed by atoms with van der Waals surface area (Å²) in [6, 6.07) is 0. The third kappa shape index (κ3) is 6.81. The molecule has 1 fully saturated rings. The molecule has 192 valence electrons. The van der Waals surface area contributed by atoms with Crippen LogP contribution in [0, 0.1) is 29.1 Å². The van der Waals surface area contributed by atoms with E-state index in [0.29, 0.717) is 18.8 Å². The SMILES string of the molecule is CCC(C)(C)C(=O)O[C@@H]1C[C@H](C)C=C2C=C[C@@H](C)[C@@H](CC[C@@H]3C[C@H](OP(=O)(O)O)CC(=O)O3)[C@@H]21. The van der Waals surface area contributed by atoms with E-state index in [0.717, 1.165) is 12.8 Å². The van der Waals surface area contributed by atoms with Crippen molar-refractivity contribution in [3.05, 3.63) is 23.8 Å². The quantitative estimate of drug-likeness (QED) is 0.365. The first kappa shape index (κ1) is 27.1. The van der Waals surface area contributed by atoms with Gasteiger partial charge in [-0.3, -0.25) is 14.1 Å². The Hall–Kier alpha value is -1.47. The van der Waals surface area contributed by atoms with Gasteiger partial charge in [0.15, 0.2) is 0 Å². The van der Waals surface area contributed by atoms with Gasteiger partial charge in [0, 0.05) is 12.3 Å². The average molecular weight is 499 g/mol. The van der Waals surface area contributed by atoms with Crippen molar-refractivity contribution in [3.63, 3.8) is 0 Å². The summed E-state index contributed by atoms with van der Waals surface area (Å²) < 4.78 is 27.6. The molecule has 0 unspecified atom stereocenters. The summed E-state index contributed by atoms with van der Waals surface area (Å²) in [5.41, 5.74) is 0.651.